The van der Waals surface area contributed by atoms with Crippen molar-refractivity contribution in [1.29, 1.82) is 0 Å². The molecule has 0 saturated heterocycles. The Balaban J connectivity index is 2.76. The second-order valence-corrected chi connectivity index (χ2v) is 4.02. The van der Waals surface area contributed by atoms with E-state index in [4.69, 9.17) is 15.2 Å². The molecule has 0 fully saturated rings. The van der Waals surface area contributed by atoms with Crippen LogP contribution in [0.5, 0.6) is 0 Å². The minimum atomic E-state index is -0.878. The molecule has 1 aromatic rings. The molecule has 2 N–H and O–H groups in total. The molecule has 0 aromatic heterocycles. The van der Waals surface area contributed by atoms with Gasteiger partial charge in [0, 0.05) is 5.69 Å². The SMILES string of the molecule is CCCC(OC(=O)c1ccccc1N)C(=O)OCC. The highest BCUT2D eigenvalue weighted by molar-refractivity contribution is 5.96. The predicted octanol–water partition coefficient (Wildman–Crippen LogP) is 2.16. The lowest BCUT2D eigenvalue weighted by Gasteiger charge is -2.16. The van der Waals surface area contributed by atoms with E-state index in [0.29, 0.717) is 18.5 Å². The molecule has 1 unspecified atom stereocenters. The molecule has 0 heterocycles. The molecule has 0 aliphatic heterocycles. The molecule has 0 saturated carbocycles. The van der Waals surface area contributed by atoms with Gasteiger partial charge in [-0.15, -0.1) is 0 Å². The molecule has 0 aliphatic carbocycles. The summed E-state index contributed by atoms with van der Waals surface area (Å²) in [6.45, 7) is 3.86. The van der Waals surface area contributed by atoms with Crippen molar-refractivity contribution in [2.24, 2.45) is 0 Å². The van der Waals surface area contributed by atoms with Crippen LogP contribution in [0.3, 0.4) is 0 Å². The molecule has 19 heavy (non-hydrogen) atoms. The molecule has 104 valence electrons. The highest BCUT2D eigenvalue weighted by Gasteiger charge is 2.24. The Labute approximate surface area is 112 Å². The zero-order chi connectivity index (χ0) is 14.3. The molecular formula is C14H19NO4. The quantitative estimate of drug-likeness (QED) is 0.630. The monoisotopic (exact) mass is 265 g/mol. The lowest BCUT2D eigenvalue weighted by Crippen LogP contribution is -2.29. The van der Waals surface area contributed by atoms with E-state index in [2.05, 4.69) is 0 Å². The summed E-state index contributed by atoms with van der Waals surface area (Å²) >= 11 is 0. The van der Waals surface area contributed by atoms with Gasteiger partial charge >= 0.3 is 11.9 Å². The van der Waals surface area contributed by atoms with Gasteiger partial charge in [-0.2, -0.15) is 0 Å². The molecule has 0 radical (unpaired) electrons. The lowest BCUT2D eigenvalue weighted by molar-refractivity contribution is -0.153. The van der Waals surface area contributed by atoms with Gasteiger partial charge < -0.3 is 15.2 Å². The first-order chi connectivity index (χ1) is 9.10. The van der Waals surface area contributed by atoms with Gasteiger partial charge in [0.15, 0.2) is 6.10 Å². The Morgan fingerprint density at radius 2 is 1.95 bits per heavy atom. The van der Waals surface area contributed by atoms with Crippen LogP contribution in [0.2, 0.25) is 0 Å². The Hall–Kier alpha value is -2.04. The predicted molar refractivity (Wildman–Crippen MR) is 71.6 cm³/mol. The summed E-state index contributed by atoms with van der Waals surface area (Å²) < 4.78 is 10.1. The van der Waals surface area contributed by atoms with Gasteiger partial charge in [0.25, 0.3) is 0 Å². The standard InChI is InChI=1S/C14H19NO4/c1-3-7-12(14(17)18-4-2)19-13(16)10-8-5-6-9-11(10)15/h5-6,8-9,12H,3-4,7,15H2,1-2H3. The number of carbonyl (C=O) groups excluding carboxylic acids is 2. The third kappa shape index (κ3) is 4.28. The van der Waals surface area contributed by atoms with Crippen LogP contribution < -0.4 is 5.73 Å². The van der Waals surface area contributed by atoms with E-state index in [1.165, 1.54) is 0 Å². The van der Waals surface area contributed by atoms with Crippen LogP contribution in [0.15, 0.2) is 24.3 Å². The number of carbonyl (C=O) groups is 2. The van der Waals surface area contributed by atoms with Crippen molar-refractivity contribution in [3.8, 4) is 0 Å². The fourth-order valence-electron chi connectivity index (χ4n) is 1.60. The number of hydrogen-bond donors (Lipinski definition) is 1. The first-order valence-electron chi connectivity index (χ1n) is 6.32. The van der Waals surface area contributed by atoms with Gasteiger partial charge in [0.1, 0.15) is 0 Å². The number of nitrogen functional groups attached to an aromatic ring is 1. The summed E-state index contributed by atoms with van der Waals surface area (Å²) in [6, 6.07) is 6.58. The highest BCUT2D eigenvalue weighted by atomic mass is 16.6. The number of hydrogen-bond acceptors (Lipinski definition) is 5. The highest BCUT2D eigenvalue weighted by Crippen LogP contribution is 2.15. The fourth-order valence-corrected chi connectivity index (χ4v) is 1.60. The van der Waals surface area contributed by atoms with E-state index in [1.54, 1.807) is 31.2 Å². The van der Waals surface area contributed by atoms with E-state index in [1.807, 2.05) is 6.92 Å². The Morgan fingerprint density at radius 1 is 1.26 bits per heavy atom. The van der Waals surface area contributed by atoms with Crippen molar-refractivity contribution >= 4 is 17.6 Å². The topological polar surface area (TPSA) is 78.6 Å². The van der Waals surface area contributed by atoms with Gasteiger partial charge in [-0.25, -0.2) is 9.59 Å². The molecule has 1 aromatic carbocycles. The number of anilines is 1. The smallest absolute Gasteiger partial charge is 0.347 e. The maximum Gasteiger partial charge on any atom is 0.347 e. The van der Waals surface area contributed by atoms with Crippen molar-refractivity contribution < 1.29 is 19.1 Å². The number of nitrogens with two attached hydrogens (primary N) is 1. The van der Waals surface area contributed by atoms with Crippen molar-refractivity contribution in [2.45, 2.75) is 32.8 Å². The van der Waals surface area contributed by atoms with Gasteiger partial charge in [0.2, 0.25) is 0 Å². The minimum Gasteiger partial charge on any atom is -0.463 e. The average Bonchev–Trinajstić information content (AvgIpc) is 2.39. The molecule has 0 spiro atoms. The van der Waals surface area contributed by atoms with Crippen molar-refractivity contribution in [3.63, 3.8) is 0 Å². The molecule has 1 rings (SSSR count). The number of rotatable bonds is 6. The second kappa shape index (κ2) is 7.41. The van der Waals surface area contributed by atoms with Crippen LogP contribution in [-0.4, -0.2) is 24.6 Å². The Morgan fingerprint density at radius 3 is 2.53 bits per heavy atom. The number of ether oxygens (including phenoxy) is 2. The average molecular weight is 265 g/mol. The number of benzene rings is 1. The first-order valence-corrected chi connectivity index (χ1v) is 6.32. The summed E-state index contributed by atoms with van der Waals surface area (Å²) in [6.07, 6.45) is 0.260. The Kier molecular flexibility index (Phi) is 5.85. The molecule has 1 atom stereocenters. The number of para-hydroxylation sites is 1. The van der Waals surface area contributed by atoms with Gasteiger partial charge in [-0.1, -0.05) is 25.5 Å². The van der Waals surface area contributed by atoms with Gasteiger partial charge in [-0.05, 0) is 25.5 Å². The molecule has 0 amide bonds. The summed E-state index contributed by atoms with van der Waals surface area (Å²) in [5.74, 6) is -1.13. The van der Waals surface area contributed by atoms with Crippen LogP contribution in [0.25, 0.3) is 0 Å². The van der Waals surface area contributed by atoms with E-state index >= 15 is 0 Å². The number of esters is 2. The molecule has 0 bridgehead atoms. The second-order valence-electron chi connectivity index (χ2n) is 4.02. The third-order valence-corrected chi connectivity index (χ3v) is 2.53. The maximum atomic E-state index is 11.9. The fraction of sp³-hybridized carbons (Fsp3) is 0.429. The van der Waals surface area contributed by atoms with Crippen LogP contribution >= 0.6 is 0 Å². The Bertz CT molecular complexity index is 445. The van der Waals surface area contributed by atoms with Crippen molar-refractivity contribution in [3.05, 3.63) is 29.8 Å². The largest absolute Gasteiger partial charge is 0.463 e. The molecular weight excluding hydrogens is 246 g/mol. The van der Waals surface area contributed by atoms with Crippen molar-refractivity contribution in [1.82, 2.24) is 0 Å². The lowest BCUT2D eigenvalue weighted by atomic mass is 10.1. The zero-order valence-electron chi connectivity index (χ0n) is 11.2. The molecule has 5 heteroatoms. The first kappa shape index (κ1) is 15.0. The normalized spacial score (nSPS) is 11.7. The maximum absolute atomic E-state index is 11.9. The third-order valence-electron chi connectivity index (χ3n) is 2.53. The summed E-state index contributed by atoms with van der Waals surface area (Å²) in [5, 5.41) is 0. The van der Waals surface area contributed by atoms with Crippen LogP contribution in [-0.2, 0) is 14.3 Å². The molecule has 5 nitrogen and oxygen atoms in total. The van der Waals surface area contributed by atoms with E-state index in [9.17, 15) is 9.59 Å². The van der Waals surface area contributed by atoms with Gasteiger partial charge in [-0.3, -0.25) is 0 Å². The van der Waals surface area contributed by atoms with Gasteiger partial charge in [0.05, 0.1) is 12.2 Å². The van der Waals surface area contributed by atoms with Crippen LogP contribution in [0.1, 0.15) is 37.0 Å². The van der Waals surface area contributed by atoms with Crippen LogP contribution in [0.4, 0.5) is 5.69 Å². The minimum absolute atomic E-state index is 0.254. The van der Waals surface area contributed by atoms with Crippen LogP contribution in [0, 0.1) is 0 Å². The van der Waals surface area contributed by atoms with Crippen molar-refractivity contribution in [2.75, 3.05) is 12.3 Å². The summed E-state index contributed by atoms with van der Waals surface area (Å²) in [7, 11) is 0. The summed E-state index contributed by atoms with van der Waals surface area (Å²) in [5.41, 5.74) is 6.27. The van der Waals surface area contributed by atoms with E-state index < -0.39 is 18.0 Å². The summed E-state index contributed by atoms with van der Waals surface area (Å²) in [4.78, 5) is 23.6. The van der Waals surface area contributed by atoms with E-state index in [-0.39, 0.29) is 12.2 Å². The zero-order valence-corrected chi connectivity index (χ0v) is 11.2. The molecule has 0 aliphatic rings. The van der Waals surface area contributed by atoms with E-state index in [0.717, 1.165) is 0 Å².